The summed E-state index contributed by atoms with van der Waals surface area (Å²) in [5.41, 5.74) is 0. The second kappa shape index (κ2) is 9.00. The smallest absolute Gasteiger partial charge is 0.410 e. The highest BCUT2D eigenvalue weighted by Crippen LogP contribution is 1.96. The van der Waals surface area contributed by atoms with Gasteiger partial charge in [0.25, 0.3) is 0 Å². The lowest BCUT2D eigenvalue weighted by Crippen LogP contribution is -2.33. The van der Waals surface area contributed by atoms with Gasteiger partial charge in [0.15, 0.2) is 0 Å². The lowest BCUT2D eigenvalue weighted by Gasteiger charge is -2.15. The van der Waals surface area contributed by atoms with Gasteiger partial charge in [-0.05, 0) is 13.3 Å². The summed E-state index contributed by atoms with van der Waals surface area (Å²) in [4.78, 5) is 23.6. The molecule has 0 aliphatic carbocycles. The van der Waals surface area contributed by atoms with Crippen LogP contribution in [0, 0.1) is 0 Å². The molecule has 0 aliphatic heterocycles. The molecule has 0 aliphatic rings. The zero-order valence-corrected chi connectivity index (χ0v) is 10.3. The average Bonchev–Trinajstić information content (AvgIpc) is 2.24. The first-order chi connectivity index (χ1) is 7.61. The standard InChI is InChI=1S/C11H21NO4/c1-4-6-7-8-16-10(13)9-12(3)11(14)15-5-2/h4-9H2,1-3H3. The van der Waals surface area contributed by atoms with Crippen LogP contribution in [0.5, 0.6) is 0 Å². The molecule has 1 amide bonds. The van der Waals surface area contributed by atoms with Crippen molar-refractivity contribution in [3.05, 3.63) is 0 Å². The molecule has 5 heteroatoms. The molecular formula is C11H21NO4. The molecular weight excluding hydrogens is 210 g/mol. The topological polar surface area (TPSA) is 55.8 Å². The van der Waals surface area contributed by atoms with Gasteiger partial charge in [0, 0.05) is 7.05 Å². The molecule has 0 N–H and O–H groups in total. The van der Waals surface area contributed by atoms with Crippen molar-refractivity contribution < 1.29 is 19.1 Å². The number of carbonyl (C=O) groups excluding carboxylic acids is 2. The van der Waals surface area contributed by atoms with Crippen molar-refractivity contribution in [1.29, 1.82) is 0 Å². The Kier molecular flexibility index (Phi) is 8.29. The molecule has 0 aromatic rings. The van der Waals surface area contributed by atoms with E-state index in [2.05, 4.69) is 6.92 Å². The van der Waals surface area contributed by atoms with Crippen LogP contribution in [0.25, 0.3) is 0 Å². The second-order valence-corrected chi connectivity index (χ2v) is 3.48. The summed E-state index contributed by atoms with van der Waals surface area (Å²) in [6.45, 7) is 4.45. The first-order valence-electron chi connectivity index (χ1n) is 5.65. The molecule has 0 aromatic heterocycles. The zero-order valence-electron chi connectivity index (χ0n) is 10.3. The Morgan fingerprint density at radius 2 is 1.81 bits per heavy atom. The van der Waals surface area contributed by atoms with Crippen LogP contribution in [0.1, 0.15) is 33.1 Å². The predicted molar refractivity (Wildman–Crippen MR) is 60.1 cm³/mol. The van der Waals surface area contributed by atoms with E-state index in [-0.39, 0.29) is 6.54 Å². The Hall–Kier alpha value is -1.26. The Balaban J connectivity index is 3.65. The Morgan fingerprint density at radius 3 is 2.38 bits per heavy atom. The van der Waals surface area contributed by atoms with Gasteiger partial charge < -0.3 is 14.4 Å². The average molecular weight is 231 g/mol. The summed E-state index contributed by atoms with van der Waals surface area (Å²) < 4.78 is 9.68. The van der Waals surface area contributed by atoms with Crippen LogP contribution in [0.4, 0.5) is 4.79 Å². The number of hydrogen-bond acceptors (Lipinski definition) is 4. The zero-order chi connectivity index (χ0) is 12.4. The normalized spacial score (nSPS) is 9.69. The van der Waals surface area contributed by atoms with Gasteiger partial charge >= 0.3 is 12.1 Å². The SMILES string of the molecule is CCCCCOC(=O)CN(C)C(=O)OCC. The van der Waals surface area contributed by atoms with E-state index in [9.17, 15) is 9.59 Å². The molecule has 0 saturated carbocycles. The summed E-state index contributed by atoms with van der Waals surface area (Å²) in [6.07, 6.45) is 2.49. The fourth-order valence-corrected chi connectivity index (χ4v) is 1.08. The van der Waals surface area contributed by atoms with E-state index >= 15 is 0 Å². The number of likely N-dealkylation sites (N-methyl/N-ethyl adjacent to an activating group) is 1. The molecule has 0 rings (SSSR count). The summed E-state index contributed by atoms with van der Waals surface area (Å²) in [6, 6.07) is 0. The van der Waals surface area contributed by atoms with E-state index in [1.54, 1.807) is 6.92 Å². The highest BCUT2D eigenvalue weighted by Gasteiger charge is 2.13. The summed E-state index contributed by atoms with van der Waals surface area (Å²) >= 11 is 0. The van der Waals surface area contributed by atoms with Crippen molar-refractivity contribution in [3.63, 3.8) is 0 Å². The molecule has 0 aromatic carbocycles. The second-order valence-electron chi connectivity index (χ2n) is 3.48. The number of ether oxygens (including phenoxy) is 2. The van der Waals surface area contributed by atoms with Crippen LogP contribution in [0.3, 0.4) is 0 Å². The molecule has 0 bridgehead atoms. The van der Waals surface area contributed by atoms with E-state index in [1.165, 1.54) is 11.9 Å². The van der Waals surface area contributed by atoms with Gasteiger partial charge in [0.1, 0.15) is 6.54 Å². The minimum absolute atomic E-state index is 0.0645. The number of rotatable bonds is 7. The van der Waals surface area contributed by atoms with E-state index in [4.69, 9.17) is 9.47 Å². The van der Waals surface area contributed by atoms with Crippen molar-refractivity contribution in [2.75, 3.05) is 26.8 Å². The lowest BCUT2D eigenvalue weighted by atomic mass is 10.3. The van der Waals surface area contributed by atoms with Crippen LogP contribution >= 0.6 is 0 Å². The third-order valence-corrected chi connectivity index (χ3v) is 1.96. The number of esters is 1. The highest BCUT2D eigenvalue weighted by atomic mass is 16.6. The van der Waals surface area contributed by atoms with E-state index < -0.39 is 12.1 Å². The molecule has 0 unspecified atom stereocenters. The van der Waals surface area contributed by atoms with Gasteiger partial charge in [-0.1, -0.05) is 19.8 Å². The maximum absolute atomic E-state index is 11.3. The lowest BCUT2D eigenvalue weighted by molar-refractivity contribution is -0.144. The first kappa shape index (κ1) is 14.7. The quantitative estimate of drug-likeness (QED) is 0.495. The third kappa shape index (κ3) is 7.09. The molecule has 5 nitrogen and oxygen atoms in total. The number of amides is 1. The fraction of sp³-hybridized carbons (Fsp3) is 0.818. The van der Waals surface area contributed by atoms with Crippen LogP contribution < -0.4 is 0 Å². The van der Waals surface area contributed by atoms with E-state index in [0.29, 0.717) is 13.2 Å². The van der Waals surface area contributed by atoms with Gasteiger partial charge in [-0.2, -0.15) is 0 Å². The minimum atomic E-state index is -0.506. The van der Waals surface area contributed by atoms with Gasteiger partial charge in [-0.3, -0.25) is 4.79 Å². The van der Waals surface area contributed by atoms with E-state index in [0.717, 1.165) is 19.3 Å². The Labute approximate surface area is 96.7 Å². The molecule has 0 radical (unpaired) electrons. The van der Waals surface area contributed by atoms with Crippen molar-refractivity contribution in [2.45, 2.75) is 33.1 Å². The number of hydrogen-bond donors (Lipinski definition) is 0. The maximum atomic E-state index is 11.3. The predicted octanol–water partition coefficient (Wildman–Crippen LogP) is 1.81. The monoisotopic (exact) mass is 231 g/mol. The number of unbranched alkanes of at least 4 members (excludes halogenated alkanes) is 2. The van der Waals surface area contributed by atoms with Crippen molar-refractivity contribution in [2.24, 2.45) is 0 Å². The number of carbonyl (C=O) groups is 2. The first-order valence-corrected chi connectivity index (χ1v) is 5.65. The highest BCUT2D eigenvalue weighted by molar-refractivity contribution is 5.77. The molecule has 0 fully saturated rings. The summed E-state index contributed by atoms with van der Waals surface area (Å²) in [5, 5.41) is 0. The van der Waals surface area contributed by atoms with Crippen LogP contribution in [-0.4, -0.2) is 43.8 Å². The maximum Gasteiger partial charge on any atom is 0.410 e. The Bertz CT molecular complexity index is 218. The van der Waals surface area contributed by atoms with Crippen LogP contribution in [0.2, 0.25) is 0 Å². The molecule has 0 heterocycles. The van der Waals surface area contributed by atoms with Crippen molar-refractivity contribution >= 4 is 12.1 Å². The van der Waals surface area contributed by atoms with Crippen LogP contribution in [-0.2, 0) is 14.3 Å². The number of nitrogens with zero attached hydrogens (tertiary/aromatic N) is 1. The summed E-state index contributed by atoms with van der Waals surface area (Å²) in [5.74, 6) is -0.397. The van der Waals surface area contributed by atoms with Gasteiger partial charge in [0.2, 0.25) is 0 Å². The van der Waals surface area contributed by atoms with Gasteiger partial charge in [-0.25, -0.2) is 4.79 Å². The molecule has 94 valence electrons. The Morgan fingerprint density at radius 1 is 1.12 bits per heavy atom. The van der Waals surface area contributed by atoms with Crippen molar-refractivity contribution in [1.82, 2.24) is 4.90 Å². The molecule has 0 saturated heterocycles. The minimum Gasteiger partial charge on any atom is -0.464 e. The van der Waals surface area contributed by atoms with E-state index in [1.807, 2.05) is 0 Å². The largest absolute Gasteiger partial charge is 0.464 e. The molecule has 16 heavy (non-hydrogen) atoms. The third-order valence-electron chi connectivity index (χ3n) is 1.96. The van der Waals surface area contributed by atoms with Crippen LogP contribution in [0.15, 0.2) is 0 Å². The molecule has 0 atom stereocenters. The van der Waals surface area contributed by atoms with Crippen molar-refractivity contribution in [3.8, 4) is 0 Å². The molecule has 0 spiro atoms. The van der Waals surface area contributed by atoms with Gasteiger partial charge in [-0.15, -0.1) is 0 Å². The fourth-order valence-electron chi connectivity index (χ4n) is 1.08. The van der Waals surface area contributed by atoms with Gasteiger partial charge in [0.05, 0.1) is 13.2 Å². The summed E-state index contributed by atoms with van der Waals surface area (Å²) in [7, 11) is 1.51.